The SMILES string of the molecule is CCCCOc1cccc(C(=O)Nc2nc(-c3ccc(OCCC)cc3)cs2)c1. The number of nitrogens with one attached hydrogen (secondary N) is 1. The lowest BCUT2D eigenvalue weighted by Crippen LogP contribution is -2.11. The number of nitrogens with zero attached hydrogens (tertiary/aromatic N) is 1. The highest BCUT2D eigenvalue weighted by Gasteiger charge is 2.11. The Hall–Kier alpha value is -2.86. The van der Waals surface area contributed by atoms with Crippen molar-refractivity contribution < 1.29 is 14.3 Å². The number of thiazole rings is 1. The van der Waals surface area contributed by atoms with Crippen LogP contribution in [0.15, 0.2) is 53.9 Å². The first-order valence-electron chi connectivity index (χ1n) is 9.92. The molecule has 0 saturated heterocycles. The van der Waals surface area contributed by atoms with Gasteiger partial charge in [0, 0.05) is 16.5 Å². The largest absolute Gasteiger partial charge is 0.494 e. The highest BCUT2D eigenvalue weighted by molar-refractivity contribution is 7.14. The number of hydrogen-bond acceptors (Lipinski definition) is 5. The maximum atomic E-state index is 12.6. The molecule has 0 radical (unpaired) electrons. The second-order valence-electron chi connectivity index (χ2n) is 6.59. The highest BCUT2D eigenvalue weighted by Crippen LogP contribution is 2.27. The number of carbonyl (C=O) groups is 1. The highest BCUT2D eigenvalue weighted by atomic mass is 32.1. The Morgan fingerprint density at radius 3 is 2.55 bits per heavy atom. The summed E-state index contributed by atoms with van der Waals surface area (Å²) in [5, 5.41) is 5.37. The molecule has 0 spiro atoms. The maximum Gasteiger partial charge on any atom is 0.257 e. The number of aromatic nitrogens is 1. The number of hydrogen-bond donors (Lipinski definition) is 1. The molecule has 0 unspecified atom stereocenters. The molecular formula is C23H26N2O3S. The van der Waals surface area contributed by atoms with Crippen LogP contribution in [0.4, 0.5) is 5.13 Å². The van der Waals surface area contributed by atoms with E-state index in [0.29, 0.717) is 29.7 Å². The Morgan fingerprint density at radius 1 is 1.00 bits per heavy atom. The van der Waals surface area contributed by atoms with Crippen molar-refractivity contribution in [3.05, 3.63) is 59.5 Å². The van der Waals surface area contributed by atoms with E-state index in [4.69, 9.17) is 9.47 Å². The van der Waals surface area contributed by atoms with E-state index in [9.17, 15) is 4.79 Å². The van der Waals surface area contributed by atoms with Crippen molar-refractivity contribution in [2.75, 3.05) is 18.5 Å². The van der Waals surface area contributed by atoms with Crippen LogP contribution in [0.3, 0.4) is 0 Å². The second-order valence-corrected chi connectivity index (χ2v) is 7.45. The van der Waals surface area contributed by atoms with Crippen molar-refractivity contribution in [1.29, 1.82) is 0 Å². The minimum absolute atomic E-state index is 0.199. The van der Waals surface area contributed by atoms with Crippen LogP contribution in [0.2, 0.25) is 0 Å². The molecule has 1 N–H and O–H groups in total. The van der Waals surface area contributed by atoms with Gasteiger partial charge < -0.3 is 9.47 Å². The first-order valence-corrected chi connectivity index (χ1v) is 10.8. The average Bonchev–Trinajstić information content (AvgIpc) is 3.21. The molecule has 1 heterocycles. The lowest BCUT2D eigenvalue weighted by molar-refractivity contribution is 0.102. The molecule has 5 nitrogen and oxygen atoms in total. The lowest BCUT2D eigenvalue weighted by atomic mass is 10.2. The lowest BCUT2D eigenvalue weighted by Gasteiger charge is -2.07. The molecule has 2 aromatic carbocycles. The molecule has 3 rings (SSSR count). The summed E-state index contributed by atoms with van der Waals surface area (Å²) in [7, 11) is 0. The topological polar surface area (TPSA) is 60.5 Å². The van der Waals surface area contributed by atoms with Gasteiger partial charge in [0.1, 0.15) is 11.5 Å². The molecule has 0 aliphatic rings. The number of amides is 1. The quantitative estimate of drug-likeness (QED) is 0.415. The summed E-state index contributed by atoms with van der Waals surface area (Å²) in [5.74, 6) is 1.35. The van der Waals surface area contributed by atoms with Crippen molar-refractivity contribution in [2.45, 2.75) is 33.1 Å². The average molecular weight is 411 g/mol. The van der Waals surface area contributed by atoms with Gasteiger partial charge in [0.05, 0.1) is 18.9 Å². The van der Waals surface area contributed by atoms with Crippen molar-refractivity contribution in [2.24, 2.45) is 0 Å². The number of rotatable bonds is 10. The molecule has 6 heteroatoms. The van der Waals surface area contributed by atoms with Gasteiger partial charge in [-0.3, -0.25) is 10.1 Å². The van der Waals surface area contributed by atoms with Crippen LogP contribution in [0.1, 0.15) is 43.5 Å². The number of benzene rings is 2. The molecule has 0 saturated carbocycles. The fraction of sp³-hybridized carbons (Fsp3) is 0.304. The third kappa shape index (κ3) is 6.06. The number of ether oxygens (including phenoxy) is 2. The van der Waals surface area contributed by atoms with Crippen LogP contribution in [-0.2, 0) is 0 Å². The van der Waals surface area contributed by atoms with Gasteiger partial charge in [-0.15, -0.1) is 11.3 Å². The zero-order valence-electron chi connectivity index (χ0n) is 16.8. The van der Waals surface area contributed by atoms with E-state index >= 15 is 0 Å². The second kappa shape index (κ2) is 10.6. The van der Waals surface area contributed by atoms with Crippen LogP contribution in [0, 0.1) is 0 Å². The summed E-state index contributed by atoms with van der Waals surface area (Å²) in [6.45, 7) is 5.55. The molecule has 0 atom stereocenters. The first-order chi connectivity index (χ1) is 14.2. The third-order valence-electron chi connectivity index (χ3n) is 4.21. The van der Waals surface area contributed by atoms with E-state index in [1.165, 1.54) is 11.3 Å². The van der Waals surface area contributed by atoms with Crippen LogP contribution < -0.4 is 14.8 Å². The van der Waals surface area contributed by atoms with Gasteiger partial charge in [-0.1, -0.05) is 26.3 Å². The third-order valence-corrected chi connectivity index (χ3v) is 4.97. The summed E-state index contributed by atoms with van der Waals surface area (Å²) in [5.41, 5.74) is 2.36. The number of unbranched alkanes of at least 4 members (excludes halogenated alkanes) is 1. The Balaban J connectivity index is 1.62. The van der Waals surface area contributed by atoms with Crippen LogP contribution in [0.25, 0.3) is 11.3 Å². The predicted molar refractivity (Wildman–Crippen MR) is 118 cm³/mol. The summed E-state index contributed by atoms with van der Waals surface area (Å²) in [6.07, 6.45) is 3.04. The predicted octanol–water partition coefficient (Wildman–Crippen LogP) is 6.03. The van der Waals surface area contributed by atoms with E-state index in [1.54, 1.807) is 12.1 Å². The standard InChI is InChI=1S/C23H26N2O3S/c1-3-5-14-28-20-8-6-7-18(15-20)22(26)25-23-24-21(16-29-23)17-9-11-19(12-10-17)27-13-4-2/h6-12,15-16H,3-5,13-14H2,1-2H3,(H,24,25,26). The van der Waals surface area contributed by atoms with Crippen LogP contribution in [-0.4, -0.2) is 24.1 Å². The smallest absolute Gasteiger partial charge is 0.257 e. The summed E-state index contributed by atoms with van der Waals surface area (Å²) in [4.78, 5) is 17.1. The monoisotopic (exact) mass is 410 g/mol. The van der Waals surface area contributed by atoms with E-state index in [2.05, 4.69) is 24.1 Å². The fourth-order valence-electron chi connectivity index (χ4n) is 2.64. The van der Waals surface area contributed by atoms with E-state index in [1.807, 2.05) is 41.8 Å². The fourth-order valence-corrected chi connectivity index (χ4v) is 3.35. The maximum absolute atomic E-state index is 12.6. The molecule has 1 aromatic heterocycles. The van der Waals surface area contributed by atoms with Crippen molar-refractivity contribution in [3.8, 4) is 22.8 Å². The van der Waals surface area contributed by atoms with E-state index < -0.39 is 0 Å². The number of anilines is 1. The minimum atomic E-state index is -0.199. The van der Waals surface area contributed by atoms with Crippen LogP contribution >= 0.6 is 11.3 Å². The molecule has 0 fully saturated rings. The van der Waals surface area contributed by atoms with Gasteiger partial charge in [-0.2, -0.15) is 0 Å². The van der Waals surface area contributed by atoms with Crippen molar-refractivity contribution >= 4 is 22.4 Å². The van der Waals surface area contributed by atoms with Crippen LogP contribution in [0.5, 0.6) is 11.5 Å². The minimum Gasteiger partial charge on any atom is -0.494 e. The molecular weight excluding hydrogens is 384 g/mol. The van der Waals surface area contributed by atoms with Gasteiger partial charge in [0.2, 0.25) is 0 Å². The molecule has 152 valence electrons. The summed E-state index contributed by atoms with van der Waals surface area (Å²) in [6, 6.07) is 15.0. The van der Waals surface area contributed by atoms with Gasteiger partial charge >= 0.3 is 0 Å². The molecule has 0 bridgehead atoms. The Bertz CT molecular complexity index is 922. The van der Waals surface area contributed by atoms with Gasteiger partial charge in [0.15, 0.2) is 5.13 Å². The van der Waals surface area contributed by atoms with Gasteiger partial charge in [-0.05, 0) is 55.3 Å². The zero-order chi connectivity index (χ0) is 20.5. The summed E-state index contributed by atoms with van der Waals surface area (Å²) < 4.78 is 11.3. The molecule has 0 aliphatic carbocycles. The Labute approximate surface area is 175 Å². The van der Waals surface area contributed by atoms with Crippen molar-refractivity contribution in [1.82, 2.24) is 4.98 Å². The van der Waals surface area contributed by atoms with Crippen molar-refractivity contribution in [3.63, 3.8) is 0 Å². The molecule has 1 amide bonds. The van der Waals surface area contributed by atoms with Gasteiger partial charge in [-0.25, -0.2) is 4.98 Å². The Morgan fingerprint density at radius 2 is 1.79 bits per heavy atom. The zero-order valence-corrected chi connectivity index (χ0v) is 17.6. The molecule has 3 aromatic rings. The summed E-state index contributed by atoms with van der Waals surface area (Å²) >= 11 is 1.40. The molecule has 29 heavy (non-hydrogen) atoms. The van der Waals surface area contributed by atoms with E-state index in [0.717, 1.165) is 36.3 Å². The Kier molecular flexibility index (Phi) is 7.64. The molecule has 0 aliphatic heterocycles. The number of carbonyl (C=O) groups excluding carboxylic acids is 1. The normalized spacial score (nSPS) is 10.6. The first kappa shape index (κ1) is 20.9. The van der Waals surface area contributed by atoms with E-state index in [-0.39, 0.29) is 5.91 Å². The van der Waals surface area contributed by atoms with Gasteiger partial charge in [0.25, 0.3) is 5.91 Å².